The molecule has 1 fully saturated rings. The maximum Gasteiger partial charge on any atom is 0.173 e. The molecule has 0 unspecified atom stereocenters. The summed E-state index contributed by atoms with van der Waals surface area (Å²) in [6.07, 6.45) is 7.29. The molecular weight excluding hydrogens is 446 g/mol. The van der Waals surface area contributed by atoms with Crippen molar-refractivity contribution in [3.8, 4) is 11.1 Å². The molecule has 1 aliphatic heterocycles. The molecule has 2 atom stereocenters. The van der Waals surface area contributed by atoms with Gasteiger partial charge in [0.1, 0.15) is 12.4 Å². The van der Waals surface area contributed by atoms with Crippen LogP contribution in [0.1, 0.15) is 72.3 Å². The molecule has 5 heteroatoms. The summed E-state index contributed by atoms with van der Waals surface area (Å²) in [5.74, 6) is 1.83. The second kappa shape index (κ2) is 13.5. The average Bonchev–Trinajstić information content (AvgIpc) is 3.30. The number of aliphatic imine (C=N–C) groups is 2. The summed E-state index contributed by atoms with van der Waals surface area (Å²) in [6, 6.07) is 19.0. The van der Waals surface area contributed by atoms with E-state index in [1.807, 2.05) is 33.8 Å². The Morgan fingerprint density at radius 3 is 2.42 bits per heavy atom. The molecule has 2 aromatic rings. The number of benzene rings is 2. The third kappa shape index (κ3) is 7.87. The molecule has 194 valence electrons. The van der Waals surface area contributed by atoms with E-state index >= 15 is 0 Å². The normalized spacial score (nSPS) is 22.1. The van der Waals surface area contributed by atoms with E-state index < -0.39 is 5.60 Å². The average molecular weight is 490 g/mol. The summed E-state index contributed by atoms with van der Waals surface area (Å²) in [7, 11) is 0. The van der Waals surface area contributed by atoms with Crippen molar-refractivity contribution in [3.05, 3.63) is 71.9 Å². The Morgan fingerprint density at radius 1 is 1.06 bits per heavy atom. The highest BCUT2D eigenvalue weighted by Gasteiger charge is 2.33. The molecule has 0 saturated heterocycles. The Kier molecular flexibility index (Phi) is 10.4. The zero-order valence-corrected chi connectivity index (χ0v) is 22.6. The molecule has 0 amide bonds. The lowest BCUT2D eigenvalue weighted by molar-refractivity contribution is -0.0440. The van der Waals surface area contributed by atoms with Gasteiger partial charge in [0.15, 0.2) is 5.84 Å². The number of ether oxygens (including phenoxy) is 1. The number of allylic oxidation sites excluding steroid dienone is 1. The van der Waals surface area contributed by atoms with E-state index in [2.05, 4.69) is 66.8 Å². The predicted octanol–water partition coefficient (Wildman–Crippen LogP) is 6.92. The first kappa shape index (κ1) is 27.8. The lowest BCUT2D eigenvalue weighted by Gasteiger charge is -2.36. The number of nitrogens with zero attached hydrogens (tertiary/aromatic N) is 2. The molecule has 4 rings (SSSR count). The highest BCUT2D eigenvalue weighted by atomic mass is 16.5. The number of rotatable bonds is 8. The van der Waals surface area contributed by atoms with E-state index in [9.17, 15) is 5.11 Å². The van der Waals surface area contributed by atoms with Crippen LogP contribution in [0.5, 0.6) is 0 Å². The maximum atomic E-state index is 10.4. The smallest absolute Gasteiger partial charge is 0.173 e. The van der Waals surface area contributed by atoms with Crippen LogP contribution in [0.25, 0.3) is 11.1 Å². The van der Waals surface area contributed by atoms with Gasteiger partial charge in [-0.05, 0) is 62.1 Å². The van der Waals surface area contributed by atoms with Gasteiger partial charge in [0.25, 0.3) is 0 Å². The highest BCUT2D eigenvalue weighted by Crippen LogP contribution is 2.33. The number of aliphatic hydroxyl groups is 1. The third-order valence-corrected chi connectivity index (χ3v) is 6.72. The molecule has 2 N–H and O–H groups in total. The van der Waals surface area contributed by atoms with Crippen LogP contribution in [0.2, 0.25) is 0 Å². The van der Waals surface area contributed by atoms with E-state index in [4.69, 9.17) is 14.7 Å². The van der Waals surface area contributed by atoms with Crippen molar-refractivity contribution in [1.29, 1.82) is 0 Å². The van der Waals surface area contributed by atoms with Crippen LogP contribution in [0.3, 0.4) is 0 Å². The van der Waals surface area contributed by atoms with E-state index in [1.165, 1.54) is 11.1 Å². The van der Waals surface area contributed by atoms with Crippen LogP contribution in [0, 0.1) is 5.92 Å². The van der Waals surface area contributed by atoms with Crippen LogP contribution in [-0.2, 0) is 11.3 Å². The summed E-state index contributed by atoms with van der Waals surface area (Å²) >= 11 is 0. The molecule has 5 nitrogen and oxygen atoms in total. The minimum atomic E-state index is -0.651. The first-order valence-corrected chi connectivity index (χ1v) is 13.5. The summed E-state index contributed by atoms with van der Waals surface area (Å²) in [6.45, 7) is 10.9. The summed E-state index contributed by atoms with van der Waals surface area (Å²) in [4.78, 5) is 9.53. The van der Waals surface area contributed by atoms with Gasteiger partial charge in [-0.1, -0.05) is 87.9 Å². The van der Waals surface area contributed by atoms with Crippen molar-refractivity contribution in [3.63, 3.8) is 0 Å². The van der Waals surface area contributed by atoms with Gasteiger partial charge in [0, 0.05) is 0 Å². The third-order valence-electron chi connectivity index (χ3n) is 6.72. The zero-order valence-electron chi connectivity index (χ0n) is 22.6. The van der Waals surface area contributed by atoms with Gasteiger partial charge in [-0.25, -0.2) is 4.99 Å². The first-order chi connectivity index (χ1) is 17.4. The molecule has 0 radical (unpaired) electrons. The van der Waals surface area contributed by atoms with Crippen molar-refractivity contribution in [2.75, 3.05) is 6.61 Å². The Balaban J connectivity index is 0.00000176. The summed E-state index contributed by atoms with van der Waals surface area (Å²) in [5.41, 5.74) is 3.89. The van der Waals surface area contributed by atoms with Crippen molar-refractivity contribution in [2.24, 2.45) is 15.9 Å². The Hall–Kier alpha value is -2.76. The lowest BCUT2D eigenvalue weighted by atomic mass is 9.78. The van der Waals surface area contributed by atoms with Crippen molar-refractivity contribution in [2.45, 2.75) is 85.0 Å². The topological polar surface area (TPSA) is 66.2 Å². The van der Waals surface area contributed by atoms with Crippen LogP contribution < -0.4 is 5.32 Å². The van der Waals surface area contributed by atoms with Gasteiger partial charge in [0.2, 0.25) is 0 Å². The second-order valence-corrected chi connectivity index (χ2v) is 9.86. The molecule has 2 aliphatic rings. The van der Waals surface area contributed by atoms with Gasteiger partial charge in [-0.3, -0.25) is 4.99 Å². The molecule has 1 aliphatic carbocycles. The molecule has 1 saturated carbocycles. The van der Waals surface area contributed by atoms with E-state index in [0.717, 1.165) is 55.0 Å². The van der Waals surface area contributed by atoms with Gasteiger partial charge in [-0.2, -0.15) is 0 Å². The molecule has 0 spiro atoms. The molecular formula is C31H43N3O2. The summed E-state index contributed by atoms with van der Waals surface area (Å²) in [5, 5.41) is 13.8. The molecule has 0 bridgehead atoms. The SMILES string of the molecule is CC.CC/C=C1/NC(CO[C@@H]2CCC[C@H](C(C)(C)O)C2)=NC1=NCc1ccc(-c2ccccc2)cc1. The Bertz CT molecular complexity index is 1030. The monoisotopic (exact) mass is 489 g/mol. The fourth-order valence-electron chi connectivity index (χ4n) is 4.70. The number of nitrogens with one attached hydrogen (secondary N) is 1. The highest BCUT2D eigenvalue weighted by molar-refractivity contribution is 6.14. The van der Waals surface area contributed by atoms with E-state index in [-0.39, 0.29) is 12.0 Å². The predicted molar refractivity (Wildman–Crippen MR) is 151 cm³/mol. The second-order valence-electron chi connectivity index (χ2n) is 9.86. The van der Waals surface area contributed by atoms with Crippen LogP contribution >= 0.6 is 0 Å². The molecule has 0 aromatic heterocycles. The molecule has 2 aromatic carbocycles. The maximum absolute atomic E-state index is 10.4. The van der Waals surface area contributed by atoms with Crippen molar-refractivity contribution >= 4 is 11.7 Å². The first-order valence-electron chi connectivity index (χ1n) is 13.5. The van der Waals surface area contributed by atoms with Crippen LogP contribution in [0.15, 0.2) is 76.4 Å². The number of amidine groups is 2. The number of hydrogen-bond donors (Lipinski definition) is 2. The largest absolute Gasteiger partial charge is 0.390 e. The lowest BCUT2D eigenvalue weighted by Crippen LogP contribution is -2.38. The quantitative estimate of drug-likeness (QED) is 0.423. The molecule has 36 heavy (non-hydrogen) atoms. The van der Waals surface area contributed by atoms with Crippen LogP contribution in [-0.4, -0.2) is 35.1 Å². The van der Waals surface area contributed by atoms with E-state index in [1.54, 1.807) is 0 Å². The minimum absolute atomic E-state index is 0.164. The van der Waals surface area contributed by atoms with Gasteiger partial charge < -0.3 is 15.2 Å². The number of hydrogen-bond acceptors (Lipinski definition) is 4. The van der Waals surface area contributed by atoms with Crippen molar-refractivity contribution in [1.82, 2.24) is 5.32 Å². The minimum Gasteiger partial charge on any atom is -0.390 e. The van der Waals surface area contributed by atoms with Gasteiger partial charge >= 0.3 is 0 Å². The van der Waals surface area contributed by atoms with Crippen LogP contribution in [0.4, 0.5) is 0 Å². The van der Waals surface area contributed by atoms with Gasteiger partial charge in [-0.15, -0.1) is 0 Å². The fourth-order valence-corrected chi connectivity index (χ4v) is 4.70. The Labute approximate surface area is 217 Å². The zero-order chi connectivity index (χ0) is 26.0. The van der Waals surface area contributed by atoms with Gasteiger partial charge in [0.05, 0.1) is 23.9 Å². The van der Waals surface area contributed by atoms with Crippen molar-refractivity contribution < 1.29 is 9.84 Å². The van der Waals surface area contributed by atoms with E-state index in [0.29, 0.717) is 13.2 Å². The fraction of sp³-hybridized carbons (Fsp3) is 0.484. The standard InChI is InChI=1S/C29H37N3O2.C2H6/c1-4-9-26-28(30-19-21-14-16-23(17-15-21)22-10-6-5-7-11-22)32-27(31-26)20-34-25-13-8-12-24(18-25)29(2,3)33;1-2/h5-7,9-11,14-17,24-25,33H,4,8,12-13,18-20H2,1-3H3,(H,30,31,32);1-2H3/b26-9+;/t24-,25+;/m0./s1. The Morgan fingerprint density at radius 2 is 1.75 bits per heavy atom. The molecule has 1 heterocycles. The summed E-state index contributed by atoms with van der Waals surface area (Å²) < 4.78 is 6.20.